The molecule has 1 amide bonds. The van der Waals surface area contributed by atoms with Gasteiger partial charge in [0.15, 0.2) is 0 Å². The maximum atomic E-state index is 12.4. The summed E-state index contributed by atoms with van der Waals surface area (Å²) in [6.07, 6.45) is 1.30. The zero-order valence-electron chi connectivity index (χ0n) is 18.2. The summed E-state index contributed by atoms with van der Waals surface area (Å²) in [4.78, 5) is 27.4. The summed E-state index contributed by atoms with van der Waals surface area (Å²) in [7, 11) is 0. The van der Waals surface area contributed by atoms with Gasteiger partial charge in [-0.15, -0.1) is 0 Å². The van der Waals surface area contributed by atoms with Gasteiger partial charge < -0.3 is 19.7 Å². The molecule has 0 aliphatic carbocycles. The lowest BCUT2D eigenvalue weighted by atomic mass is 10.1. The molecule has 33 heavy (non-hydrogen) atoms. The summed E-state index contributed by atoms with van der Waals surface area (Å²) in [6, 6.07) is 24.3. The van der Waals surface area contributed by atoms with Gasteiger partial charge in [-0.05, 0) is 24.3 Å². The first kappa shape index (κ1) is 22.2. The molecule has 1 heterocycles. The molecule has 0 unspecified atom stereocenters. The van der Waals surface area contributed by atoms with Gasteiger partial charge in [0.05, 0.1) is 38.4 Å². The molecular formula is C26H26N4O3. The summed E-state index contributed by atoms with van der Waals surface area (Å²) in [5, 5.41) is 15.0. The van der Waals surface area contributed by atoms with Gasteiger partial charge in [-0.2, -0.15) is 5.10 Å². The predicted octanol–water partition coefficient (Wildman–Crippen LogP) is 0.719. The van der Waals surface area contributed by atoms with Crippen LogP contribution in [0.3, 0.4) is 0 Å². The molecule has 168 valence electrons. The second kappa shape index (κ2) is 10.6. The van der Waals surface area contributed by atoms with Crippen molar-refractivity contribution in [1.29, 1.82) is 0 Å². The number of rotatable bonds is 7. The summed E-state index contributed by atoms with van der Waals surface area (Å²) < 4.78 is 0. The first-order chi connectivity index (χ1) is 16.1. The van der Waals surface area contributed by atoms with Crippen molar-refractivity contribution in [3.05, 3.63) is 101 Å². The first-order valence-corrected chi connectivity index (χ1v) is 11.0. The van der Waals surface area contributed by atoms with Crippen LogP contribution in [-0.4, -0.2) is 44.3 Å². The van der Waals surface area contributed by atoms with Crippen molar-refractivity contribution in [3.63, 3.8) is 0 Å². The molecule has 7 heteroatoms. The molecule has 1 saturated heterocycles. The number of amides is 1. The second-order valence-electron chi connectivity index (χ2n) is 8.02. The van der Waals surface area contributed by atoms with Crippen molar-refractivity contribution in [1.82, 2.24) is 5.43 Å². The molecule has 4 rings (SSSR count). The van der Waals surface area contributed by atoms with E-state index in [1.54, 1.807) is 30.3 Å². The van der Waals surface area contributed by atoms with Crippen LogP contribution in [0.2, 0.25) is 0 Å². The fourth-order valence-corrected chi connectivity index (χ4v) is 3.98. The largest absolute Gasteiger partial charge is 0.545 e. The number of carboxylic acids is 1. The van der Waals surface area contributed by atoms with Gasteiger partial charge in [0.2, 0.25) is 0 Å². The van der Waals surface area contributed by atoms with Crippen LogP contribution >= 0.6 is 0 Å². The highest BCUT2D eigenvalue weighted by Gasteiger charge is 2.20. The maximum Gasteiger partial charge on any atom is 0.271 e. The number of hydrogen-bond donors (Lipinski definition) is 2. The molecule has 0 aromatic heterocycles. The van der Waals surface area contributed by atoms with Crippen molar-refractivity contribution >= 4 is 23.8 Å². The number of hydrogen-bond acceptors (Lipinski definition) is 5. The Morgan fingerprint density at radius 1 is 0.939 bits per heavy atom. The zero-order valence-corrected chi connectivity index (χ0v) is 18.2. The molecule has 0 radical (unpaired) electrons. The Balaban J connectivity index is 1.28. The number of carboxylic acid groups (broad SMARTS) is 1. The average Bonchev–Trinajstić information content (AvgIpc) is 2.85. The molecule has 3 aromatic carbocycles. The SMILES string of the molecule is O=C(N/N=C/c1ccccc1C(=O)[O-])c1ccc(C[NH+]2CCN(c3ccccc3)CC2)cc1. The van der Waals surface area contributed by atoms with Crippen molar-refractivity contribution in [2.45, 2.75) is 6.54 Å². The zero-order chi connectivity index (χ0) is 23.0. The van der Waals surface area contributed by atoms with Crippen LogP contribution in [0, 0.1) is 0 Å². The molecule has 1 fully saturated rings. The van der Waals surface area contributed by atoms with Crippen LogP contribution in [-0.2, 0) is 6.54 Å². The fourth-order valence-electron chi connectivity index (χ4n) is 3.98. The number of para-hydroxylation sites is 1. The van der Waals surface area contributed by atoms with Crippen LogP contribution in [0.5, 0.6) is 0 Å². The highest BCUT2D eigenvalue weighted by Crippen LogP contribution is 2.12. The Hall–Kier alpha value is -3.97. The van der Waals surface area contributed by atoms with Crippen molar-refractivity contribution < 1.29 is 19.6 Å². The van der Waals surface area contributed by atoms with Crippen LogP contribution in [0.25, 0.3) is 0 Å². The van der Waals surface area contributed by atoms with E-state index in [0.29, 0.717) is 11.1 Å². The van der Waals surface area contributed by atoms with Crippen LogP contribution < -0.4 is 20.3 Å². The molecule has 3 aromatic rings. The first-order valence-electron chi connectivity index (χ1n) is 11.0. The van der Waals surface area contributed by atoms with Gasteiger partial charge in [0.25, 0.3) is 5.91 Å². The van der Waals surface area contributed by atoms with E-state index >= 15 is 0 Å². The Morgan fingerprint density at radius 2 is 1.61 bits per heavy atom. The van der Waals surface area contributed by atoms with Crippen molar-refractivity contribution in [2.75, 3.05) is 31.1 Å². The number of carbonyl (C=O) groups excluding carboxylic acids is 2. The predicted molar refractivity (Wildman–Crippen MR) is 125 cm³/mol. The van der Waals surface area contributed by atoms with Gasteiger partial charge in [0.1, 0.15) is 6.54 Å². The topological polar surface area (TPSA) is 89.3 Å². The summed E-state index contributed by atoms with van der Waals surface area (Å²) >= 11 is 0. The Bertz CT molecular complexity index is 1120. The summed E-state index contributed by atoms with van der Waals surface area (Å²) in [5.41, 5.74) is 5.78. The monoisotopic (exact) mass is 442 g/mol. The molecule has 0 bridgehead atoms. The van der Waals surface area contributed by atoms with Crippen molar-refractivity contribution in [3.8, 4) is 0 Å². The minimum atomic E-state index is -1.29. The molecule has 0 saturated carbocycles. The van der Waals surface area contributed by atoms with Gasteiger partial charge in [0, 0.05) is 27.9 Å². The van der Waals surface area contributed by atoms with Gasteiger partial charge >= 0.3 is 0 Å². The second-order valence-corrected chi connectivity index (χ2v) is 8.02. The third-order valence-corrected chi connectivity index (χ3v) is 5.81. The lowest BCUT2D eigenvalue weighted by molar-refractivity contribution is -0.914. The molecule has 1 aliphatic heterocycles. The minimum absolute atomic E-state index is 0.0203. The quantitative estimate of drug-likeness (QED) is 0.417. The molecular weight excluding hydrogens is 416 g/mol. The van der Waals surface area contributed by atoms with E-state index in [2.05, 4.69) is 39.7 Å². The van der Waals surface area contributed by atoms with Crippen LogP contribution in [0.15, 0.2) is 84.0 Å². The van der Waals surface area contributed by atoms with Gasteiger partial charge in [-0.1, -0.05) is 54.6 Å². The Labute approximate surface area is 193 Å². The van der Waals surface area contributed by atoms with E-state index in [-0.39, 0.29) is 11.5 Å². The molecule has 2 N–H and O–H groups in total. The number of aromatic carboxylic acids is 1. The van der Waals surface area contributed by atoms with E-state index < -0.39 is 5.97 Å². The molecule has 1 aliphatic rings. The van der Waals surface area contributed by atoms with Crippen LogP contribution in [0.4, 0.5) is 5.69 Å². The number of hydrazone groups is 1. The number of piperazine rings is 1. The highest BCUT2D eigenvalue weighted by molar-refractivity contribution is 5.98. The molecule has 0 spiro atoms. The fraction of sp³-hybridized carbons (Fsp3) is 0.192. The lowest BCUT2D eigenvalue weighted by Gasteiger charge is -2.33. The van der Waals surface area contributed by atoms with Gasteiger partial charge in [-0.25, -0.2) is 5.43 Å². The third kappa shape index (κ3) is 5.84. The van der Waals surface area contributed by atoms with E-state index in [1.807, 2.05) is 18.2 Å². The average molecular weight is 443 g/mol. The summed E-state index contributed by atoms with van der Waals surface area (Å²) in [5.74, 6) is -1.64. The van der Waals surface area contributed by atoms with Crippen molar-refractivity contribution in [2.24, 2.45) is 5.10 Å². The standard InChI is InChI=1S/C26H26N4O3/c31-25(28-27-18-22-6-4-5-9-24(22)26(32)33)21-12-10-20(11-13-21)19-29-14-16-30(17-15-29)23-7-2-1-3-8-23/h1-13,18H,14-17,19H2,(H,28,31)(H,32,33)/b27-18+. The summed E-state index contributed by atoms with van der Waals surface area (Å²) in [6.45, 7) is 5.11. The van der Waals surface area contributed by atoms with Gasteiger partial charge in [-0.3, -0.25) is 4.79 Å². The number of nitrogens with zero attached hydrogens (tertiary/aromatic N) is 2. The Kier molecular flexibility index (Phi) is 7.12. The third-order valence-electron chi connectivity index (χ3n) is 5.81. The van der Waals surface area contributed by atoms with E-state index in [1.165, 1.54) is 28.4 Å². The lowest BCUT2D eigenvalue weighted by Crippen LogP contribution is -3.13. The maximum absolute atomic E-state index is 12.4. The molecule has 0 atom stereocenters. The number of carbonyl (C=O) groups is 2. The number of quaternary nitrogens is 1. The normalized spacial score (nSPS) is 14.4. The van der Waals surface area contributed by atoms with E-state index in [4.69, 9.17) is 0 Å². The number of anilines is 1. The highest BCUT2D eigenvalue weighted by atomic mass is 16.4. The smallest absolute Gasteiger partial charge is 0.271 e. The molecule has 7 nitrogen and oxygen atoms in total. The van der Waals surface area contributed by atoms with Crippen LogP contribution in [0.1, 0.15) is 31.8 Å². The number of nitrogens with one attached hydrogen (secondary N) is 2. The number of benzene rings is 3. The minimum Gasteiger partial charge on any atom is -0.545 e. The van der Waals surface area contributed by atoms with E-state index in [0.717, 1.165) is 32.7 Å². The Morgan fingerprint density at radius 3 is 2.30 bits per heavy atom. The van der Waals surface area contributed by atoms with E-state index in [9.17, 15) is 14.7 Å².